The van der Waals surface area contributed by atoms with Crippen molar-refractivity contribution in [2.45, 2.75) is 18.8 Å². The Morgan fingerprint density at radius 3 is 2.25 bits per heavy atom. The largest absolute Gasteiger partial charge is 0.508 e. The van der Waals surface area contributed by atoms with Gasteiger partial charge in [0.2, 0.25) is 11.8 Å². The Labute approximate surface area is 280 Å². The summed E-state index contributed by atoms with van der Waals surface area (Å²) in [5.74, 6) is -6.07. The molecule has 14 heteroatoms. The first-order valence-electron chi connectivity index (χ1n) is 14.9. The third kappa shape index (κ3) is 4.43. The number of fused-ring (bicyclic) bond motifs is 4. The van der Waals surface area contributed by atoms with Crippen molar-refractivity contribution in [2.24, 2.45) is 17.8 Å². The number of nitrogens with zero attached hydrogens (tertiary/aromatic N) is 4. The molecule has 1 fully saturated rings. The SMILES string of the molecule is CN(C)c1c([N+](=O)[O-])cc(N2C(=O)[C@H]3[C@H](CC=C4[C@H](c5c(O)ccc6ccccc56)C5=C(C[C@H]43)C(=O)C(Br)=CC5=O)C2=O)cc1[N+](=O)[O-]. The fourth-order valence-electron chi connectivity index (χ4n) is 7.84. The molecule has 0 bridgehead atoms. The first-order valence-corrected chi connectivity index (χ1v) is 15.7. The number of nitro groups is 2. The van der Waals surface area contributed by atoms with Crippen molar-refractivity contribution in [1.29, 1.82) is 0 Å². The van der Waals surface area contributed by atoms with E-state index in [-0.39, 0.29) is 45.6 Å². The van der Waals surface area contributed by atoms with Gasteiger partial charge in [0.1, 0.15) is 5.75 Å². The van der Waals surface area contributed by atoms with Gasteiger partial charge >= 0.3 is 11.4 Å². The van der Waals surface area contributed by atoms with E-state index in [0.29, 0.717) is 16.5 Å². The highest BCUT2D eigenvalue weighted by Crippen LogP contribution is 2.57. The van der Waals surface area contributed by atoms with Crippen molar-refractivity contribution in [2.75, 3.05) is 23.9 Å². The van der Waals surface area contributed by atoms with E-state index in [0.717, 1.165) is 22.4 Å². The molecule has 0 aromatic heterocycles. The summed E-state index contributed by atoms with van der Waals surface area (Å²) in [6.45, 7) is 0. The zero-order valence-electron chi connectivity index (χ0n) is 25.4. The van der Waals surface area contributed by atoms with Crippen molar-refractivity contribution in [3.8, 4) is 5.75 Å². The number of hydrogen-bond acceptors (Lipinski definition) is 10. The Hall–Kier alpha value is -5.50. The topological polar surface area (TPSA) is 181 Å². The number of aromatic hydroxyl groups is 1. The van der Waals surface area contributed by atoms with Crippen LogP contribution in [0.25, 0.3) is 10.8 Å². The number of imide groups is 1. The Balaban J connectivity index is 1.40. The molecule has 0 spiro atoms. The molecular weight excluding hydrogens is 688 g/mol. The predicted octanol–water partition coefficient (Wildman–Crippen LogP) is 5.39. The van der Waals surface area contributed by atoms with Gasteiger partial charge in [-0.25, -0.2) is 4.90 Å². The minimum atomic E-state index is -1.05. The number of allylic oxidation sites excluding steroid dienone is 6. The molecular formula is C34H25BrN4O9. The van der Waals surface area contributed by atoms with Crippen LogP contribution in [-0.4, -0.2) is 52.4 Å². The highest BCUT2D eigenvalue weighted by atomic mass is 79.9. The number of benzene rings is 3. The second-order valence-electron chi connectivity index (χ2n) is 12.4. The molecule has 1 aliphatic heterocycles. The number of halogens is 1. The van der Waals surface area contributed by atoms with Gasteiger partial charge in [0.15, 0.2) is 17.3 Å². The smallest absolute Gasteiger partial charge is 0.301 e. The van der Waals surface area contributed by atoms with Gasteiger partial charge in [-0.15, -0.1) is 0 Å². The Morgan fingerprint density at radius 2 is 1.60 bits per heavy atom. The van der Waals surface area contributed by atoms with Crippen LogP contribution in [0.15, 0.2) is 81.9 Å². The van der Waals surface area contributed by atoms with Crippen molar-refractivity contribution in [3.05, 3.63) is 108 Å². The van der Waals surface area contributed by atoms with Crippen LogP contribution in [0.4, 0.5) is 22.7 Å². The Kier molecular flexibility index (Phi) is 7.16. The minimum Gasteiger partial charge on any atom is -0.508 e. The highest BCUT2D eigenvalue weighted by molar-refractivity contribution is 9.12. The summed E-state index contributed by atoms with van der Waals surface area (Å²) in [5.41, 5.74) is -0.569. The van der Waals surface area contributed by atoms with Crippen LogP contribution in [0.2, 0.25) is 0 Å². The summed E-state index contributed by atoms with van der Waals surface area (Å²) in [5, 5.41) is 36.8. The van der Waals surface area contributed by atoms with E-state index in [9.17, 15) is 44.5 Å². The van der Waals surface area contributed by atoms with Crippen molar-refractivity contribution in [3.63, 3.8) is 0 Å². The molecule has 4 aliphatic rings. The third-order valence-electron chi connectivity index (χ3n) is 9.72. The molecule has 0 unspecified atom stereocenters. The lowest BCUT2D eigenvalue weighted by Crippen LogP contribution is -2.39. The van der Waals surface area contributed by atoms with Crippen LogP contribution in [0.1, 0.15) is 24.3 Å². The molecule has 3 aromatic rings. The van der Waals surface area contributed by atoms with Gasteiger partial charge in [0.05, 0.1) is 31.9 Å². The number of anilines is 2. The molecule has 0 radical (unpaired) electrons. The van der Waals surface area contributed by atoms with E-state index in [2.05, 4.69) is 15.9 Å². The van der Waals surface area contributed by atoms with Crippen molar-refractivity contribution < 1.29 is 34.1 Å². The average Bonchev–Trinajstić information content (AvgIpc) is 3.31. The highest BCUT2D eigenvalue weighted by Gasteiger charge is 2.57. The molecule has 1 saturated heterocycles. The van der Waals surface area contributed by atoms with Crippen LogP contribution < -0.4 is 9.80 Å². The molecule has 3 aliphatic carbocycles. The number of phenolic OH excluding ortho intramolecular Hbond substituents is 1. The molecule has 2 amide bonds. The number of hydrogen-bond donors (Lipinski definition) is 1. The zero-order chi connectivity index (χ0) is 34.3. The quantitative estimate of drug-likeness (QED) is 0.118. The number of ketones is 2. The number of amides is 2. The zero-order valence-corrected chi connectivity index (χ0v) is 27.0. The molecule has 3 aromatic carbocycles. The summed E-state index contributed by atoms with van der Waals surface area (Å²) >= 11 is 3.20. The Morgan fingerprint density at radius 1 is 0.938 bits per heavy atom. The second-order valence-corrected chi connectivity index (χ2v) is 13.2. The average molecular weight is 713 g/mol. The van der Waals surface area contributed by atoms with E-state index in [1.165, 1.54) is 31.1 Å². The number of phenols is 1. The molecule has 1 N–H and O–H groups in total. The maximum absolute atomic E-state index is 14.4. The van der Waals surface area contributed by atoms with E-state index in [1.807, 2.05) is 12.1 Å². The predicted molar refractivity (Wildman–Crippen MR) is 177 cm³/mol. The standard InChI is InChI=1S/C34H25BrN4O9/c1-36(2)31-23(38(45)46)11-16(12-24(31)39(47)48)37-33(43)19-9-8-18-20(27(19)34(37)44)13-21-29(26(41)14-22(35)32(21)42)30(18)28-17-6-4-3-5-15(17)7-10-25(28)40/h3-8,10-12,14,19-20,27,30,40H,9,13H2,1-2H3/t19-,20+,27-,30+/m0/s1. The summed E-state index contributed by atoms with van der Waals surface area (Å²) in [6.07, 6.45) is 2.99. The third-order valence-corrected chi connectivity index (χ3v) is 10.3. The number of carbonyl (C=O) groups is 4. The Bertz CT molecular complexity index is 2130. The summed E-state index contributed by atoms with van der Waals surface area (Å²) < 4.78 is 0.0444. The summed E-state index contributed by atoms with van der Waals surface area (Å²) in [6, 6.07) is 12.5. The van der Waals surface area contributed by atoms with Gasteiger partial charge in [-0.1, -0.05) is 42.0 Å². The molecule has 4 atom stereocenters. The number of Topliss-reactive ketones (excluding diaryl/α,β-unsaturated/α-hetero) is 1. The molecule has 1 heterocycles. The van der Waals surface area contributed by atoms with E-state index in [4.69, 9.17) is 0 Å². The maximum atomic E-state index is 14.4. The lowest BCUT2D eigenvalue weighted by atomic mass is 9.59. The molecule has 7 rings (SSSR count). The van der Waals surface area contributed by atoms with Gasteiger partial charge in [-0.05, 0) is 51.5 Å². The normalized spacial score (nSPS) is 23.4. The molecule has 242 valence electrons. The van der Waals surface area contributed by atoms with Gasteiger partial charge in [-0.3, -0.25) is 39.4 Å². The lowest BCUT2D eigenvalue weighted by Gasteiger charge is -2.42. The van der Waals surface area contributed by atoms with Gasteiger partial charge < -0.3 is 10.0 Å². The van der Waals surface area contributed by atoms with E-state index < -0.39 is 68.3 Å². The van der Waals surface area contributed by atoms with Crippen LogP contribution >= 0.6 is 15.9 Å². The summed E-state index contributed by atoms with van der Waals surface area (Å²) in [7, 11) is 2.81. The first kappa shape index (κ1) is 31.1. The molecule has 0 saturated carbocycles. The summed E-state index contributed by atoms with van der Waals surface area (Å²) in [4.78, 5) is 80.1. The van der Waals surface area contributed by atoms with Gasteiger partial charge in [0, 0.05) is 54.9 Å². The van der Waals surface area contributed by atoms with E-state index in [1.54, 1.807) is 24.3 Å². The fraction of sp³-hybridized carbons (Fsp3) is 0.235. The van der Waals surface area contributed by atoms with Crippen molar-refractivity contribution >= 4 is 72.8 Å². The molecule has 48 heavy (non-hydrogen) atoms. The van der Waals surface area contributed by atoms with Crippen LogP contribution in [0.5, 0.6) is 5.75 Å². The minimum absolute atomic E-state index is 0.0444. The lowest BCUT2D eigenvalue weighted by molar-refractivity contribution is -0.392. The van der Waals surface area contributed by atoms with Crippen molar-refractivity contribution in [1.82, 2.24) is 0 Å². The van der Waals surface area contributed by atoms with Crippen LogP contribution in [0, 0.1) is 38.0 Å². The molecule has 13 nitrogen and oxygen atoms in total. The van der Waals surface area contributed by atoms with Gasteiger partial charge in [-0.2, -0.15) is 0 Å². The first-order chi connectivity index (χ1) is 22.8. The monoisotopic (exact) mass is 712 g/mol. The number of rotatable bonds is 5. The second kappa shape index (κ2) is 11.0. The number of carbonyl (C=O) groups excluding carboxylic acids is 4. The number of nitro benzene ring substituents is 2. The van der Waals surface area contributed by atoms with E-state index >= 15 is 0 Å². The maximum Gasteiger partial charge on any atom is 0.301 e. The van der Waals surface area contributed by atoms with Crippen LogP contribution in [-0.2, 0) is 19.2 Å². The van der Waals surface area contributed by atoms with Gasteiger partial charge in [0.25, 0.3) is 0 Å². The fourth-order valence-corrected chi connectivity index (χ4v) is 8.28. The van der Waals surface area contributed by atoms with Crippen LogP contribution in [0.3, 0.4) is 0 Å².